The van der Waals surface area contributed by atoms with Crippen LogP contribution in [0.4, 0.5) is 22.0 Å². The molecule has 3 aromatic rings. The highest BCUT2D eigenvalue weighted by Crippen LogP contribution is 2.50. The number of hydrogen-bond donors (Lipinski definition) is 1. The lowest BCUT2D eigenvalue weighted by molar-refractivity contribution is -0.136. The van der Waals surface area contributed by atoms with Crippen LogP contribution in [-0.2, 0) is 23.1 Å². The van der Waals surface area contributed by atoms with Crippen LogP contribution in [0.15, 0.2) is 48.9 Å². The fourth-order valence-electron chi connectivity index (χ4n) is 6.26. The van der Waals surface area contributed by atoms with Gasteiger partial charge in [-0.05, 0) is 66.8 Å². The minimum Gasteiger partial charge on any atom is -0.306 e. The zero-order valence-electron chi connectivity index (χ0n) is 19.5. The number of hydrogen-bond acceptors (Lipinski definition) is 3. The van der Waals surface area contributed by atoms with E-state index in [2.05, 4.69) is 9.71 Å². The van der Waals surface area contributed by atoms with Gasteiger partial charge in [-0.1, -0.05) is 12.1 Å². The molecule has 3 atom stereocenters. The number of halogens is 5. The Bertz CT molecular complexity index is 1490. The zero-order valence-corrected chi connectivity index (χ0v) is 20.3. The minimum absolute atomic E-state index is 0.106. The van der Waals surface area contributed by atoms with Crippen molar-refractivity contribution in [2.45, 2.75) is 37.4 Å². The van der Waals surface area contributed by atoms with Crippen molar-refractivity contribution in [3.05, 3.63) is 71.7 Å². The Morgan fingerprint density at radius 1 is 1.00 bits per heavy atom. The molecular weight excluding hydrogens is 515 g/mol. The largest absolute Gasteiger partial charge is 0.402 e. The first kappa shape index (κ1) is 24.5. The molecule has 1 aromatic heterocycles. The van der Waals surface area contributed by atoms with Crippen LogP contribution >= 0.6 is 0 Å². The van der Waals surface area contributed by atoms with Gasteiger partial charge in [0.2, 0.25) is 0 Å². The van der Waals surface area contributed by atoms with Crippen LogP contribution in [0.5, 0.6) is 0 Å². The van der Waals surface area contributed by atoms with Crippen molar-refractivity contribution in [3.8, 4) is 16.9 Å². The molecule has 1 N–H and O–H groups in total. The summed E-state index contributed by atoms with van der Waals surface area (Å²) < 4.78 is 96.4. The van der Waals surface area contributed by atoms with Gasteiger partial charge in [0, 0.05) is 30.1 Å². The average molecular weight is 539 g/mol. The molecule has 0 radical (unpaired) electrons. The molecule has 2 aromatic carbocycles. The van der Waals surface area contributed by atoms with Gasteiger partial charge in [0.15, 0.2) is 11.6 Å². The van der Waals surface area contributed by atoms with E-state index in [1.807, 2.05) is 18.2 Å². The molecule has 6 nitrogen and oxygen atoms in total. The molecule has 2 fully saturated rings. The standard InChI is InChI=1S/C25H23F5N4O2S/c26-21-6-5-20(10-22(21)27)33-11-23(31-14-33)16-2-1-15-8-18-3-4-19(9-17(15)7-16)24(18)12-34(13-25(28,29)30)37(35,36)32-24/h1-2,5-7,10-11,14,18-19,32H,3-4,8-9,12-13H2/t18-,19+,24+/m0/s1. The number of nitrogens with one attached hydrogen (secondary N) is 1. The molecule has 1 saturated heterocycles. The van der Waals surface area contributed by atoms with E-state index in [1.165, 1.54) is 12.4 Å². The Morgan fingerprint density at radius 2 is 1.73 bits per heavy atom. The predicted octanol–water partition coefficient (Wildman–Crippen LogP) is 4.39. The lowest BCUT2D eigenvalue weighted by atomic mass is 9.79. The van der Waals surface area contributed by atoms with E-state index in [1.54, 1.807) is 10.8 Å². The third-order valence-corrected chi connectivity index (χ3v) is 9.57. The third-order valence-electron chi connectivity index (χ3n) is 7.99. The predicted molar refractivity (Wildman–Crippen MR) is 125 cm³/mol. The van der Waals surface area contributed by atoms with E-state index < -0.39 is 40.1 Å². The monoisotopic (exact) mass is 538 g/mol. The topological polar surface area (TPSA) is 67.2 Å². The summed E-state index contributed by atoms with van der Waals surface area (Å²) in [6.07, 6.45) is 1.16. The quantitative estimate of drug-likeness (QED) is 0.503. The Kier molecular flexibility index (Phi) is 5.52. The fourth-order valence-corrected chi connectivity index (χ4v) is 7.97. The molecule has 12 heteroatoms. The van der Waals surface area contributed by atoms with Gasteiger partial charge in [-0.25, -0.2) is 13.8 Å². The molecule has 0 amide bonds. The van der Waals surface area contributed by atoms with Gasteiger partial charge >= 0.3 is 6.18 Å². The number of benzene rings is 2. The summed E-state index contributed by atoms with van der Waals surface area (Å²) in [5.74, 6) is -2.14. The van der Waals surface area contributed by atoms with Gasteiger partial charge in [0.05, 0.1) is 17.6 Å². The highest BCUT2D eigenvalue weighted by atomic mass is 32.2. The molecule has 6 rings (SSSR count). The molecule has 0 unspecified atom stereocenters. The van der Waals surface area contributed by atoms with Crippen molar-refractivity contribution < 1.29 is 30.4 Å². The molecule has 1 aliphatic heterocycles. The van der Waals surface area contributed by atoms with E-state index >= 15 is 0 Å². The second-order valence-corrected chi connectivity index (χ2v) is 11.8. The van der Waals surface area contributed by atoms with Crippen LogP contribution < -0.4 is 4.72 Å². The summed E-state index contributed by atoms with van der Waals surface area (Å²) in [5, 5.41) is 0. The number of nitrogens with zero attached hydrogens (tertiary/aromatic N) is 3. The molecule has 1 saturated carbocycles. The van der Waals surface area contributed by atoms with Crippen molar-refractivity contribution in [1.29, 1.82) is 0 Å². The third kappa shape index (κ3) is 4.24. The average Bonchev–Trinajstić information content (AvgIpc) is 3.45. The Morgan fingerprint density at radius 3 is 2.43 bits per heavy atom. The van der Waals surface area contributed by atoms with E-state index in [-0.39, 0.29) is 18.4 Å². The first-order valence-corrected chi connectivity index (χ1v) is 13.3. The van der Waals surface area contributed by atoms with Gasteiger partial charge in [-0.15, -0.1) is 0 Å². The normalized spacial score (nSPS) is 26.9. The second-order valence-electron chi connectivity index (χ2n) is 10.2. The second kappa shape index (κ2) is 8.34. The van der Waals surface area contributed by atoms with E-state index in [0.717, 1.165) is 41.7 Å². The first-order valence-electron chi connectivity index (χ1n) is 11.9. The highest BCUT2D eigenvalue weighted by Gasteiger charge is 2.60. The summed E-state index contributed by atoms with van der Waals surface area (Å²) in [6, 6.07) is 9.42. The molecule has 3 aliphatic rings. The van der Waals surface area contributed by atoms with Gasteiger partial charge < -0.3 is 4.57 Å². The number of rotatable bonds is 3. The van der Waals surface area contributed by atoms with Crippen molar-refractivity contribution in [2.75, 3.05) is 13.1 Å². The zero-order chi connectivity index (χ0) is 26.2. The van der Waals surface area contributed by atoms with Crippen molar-refractivity contribution in [1.82, 2.24) is 18.6 Å². The van der Waals surface area contributed by atoms with Crippen LogP contribution in [0.3, 0.4) is 0 Å². The maximum Gasteiger partial charge on any atom is 0.402 e. The molecule has 37 heavy (non-hydrogen) atoms. The first-order chi connectivity index (χ1) is 17.4. The minimum atomic E-state index is -4.62. The molecule has 2 heterocycles. The lowest BCUT2D eigenvalue weighted by Crippen LogP contribution is -2.52. The van der Waals surface area contributed by atoms with Crippen LogP contribution in [0, 0.1) is 23.5 Å². The Balaban J connectivity index is 1.29. The Hall–Kier alpha value is -2.83. The smallest absolute Gasteiger partial charge is 0.306 e. The van der Waals surface area contributed by atoms with Gasteiger partial charge in [0.25, 0.3) is 10.2 Å². The highest BCUT2D eigenvalue weighted by molar-refractivity contribution is 7.87. The van der Waals surface area contributed by atoms with Crippen LogP contribution in [-0.4, -0.2) is 47.1 Å². The summed E-state index contributed by atoms with van der Waals surface area (Å²) in [6.45, 7) is -1.69. The molecule has 2 bridgehead atoms. The van der Waals surface area contributed by atoms with Crippen molar-refractivity contribution >= 4 is 10.2 Å². The number of aromatic nitrogens is 2. The van der Waals surface area contributed by atoms with Crippen LogP contribution in [0.2, 0.25) is 0 Å². The summed E-state index contributed by atoms with van der Waals surface area (Å²) in [4.78, 5) is 4.41. The van der Waals surface area contributed by atoms with Crippen molar-refractivity contribution in [3.63, 3.8) is 0 Å². The fraction of sp³-hybridized carbons (Fsp3) is 0.400. The van der Waals surface area contributed by atoms with Crippen LogP contribution in [0.25, 0.3) is 16.9 Å². The summed E-state index contributed by atoms with van der Waals surface area (Å²) >= 11 is 0. The van der Waals surface area contributed by atoms with Gasteiger partial charge in [-0.3, -0.25) is 0 Å². The SMILES string of the molecule is O=S1(=O)N[C@@]2(CN1CC(F)(F)F)[C@@H]1CC[C@H]2Cc2ccc(-c3cn(-c4ccc(F)c(F)c4)cn3)cc2C1. The van der Waals surface area contributed by atoms with Gasteiger partial charge in [-0.2, -0.15) is 30.6 Å². The van der Waals surface area contributed by atoms with Gasteiger partial charge in [0.1, 0.15) is 6.54 Å². The molecular formula is C25H23F5N4O2S. The molecule has 2 aliphatic carbocycles. The maximum atomic E-state index is 13.7. The summed E-state index contributed by atoms with van der Waals surface area (Å²) in [7, 11) is -4.24. The van der Waals surface area contributed by atoms with E-state index in [4.69, 9.17) is 0 Å². The summed E-state index contributed by atoms with van der Waals surface area (Å²) in [5.41, 5.74) is 2.97. The molecule has 196 valence electrons. The maximum absolute atomic E-state index is 13.7. The number of alkyl halides is 3. The van der Waals surface area contributed by atoms with E-state index in [9.17, 15) is 30.4 Å². The number of fused-ring (bicyclic) bond motifs is 1. The van der Waals surface area contributed by atoms with E-state index in [0.29, 0.717) is 28.5 Å². The van der Waals surface area contributed by atoms with Crippen molar-refractivity contribution in [2.24, 2.45) is 11.8 Å². The number of imidazole rings is 1. The Labute approximate surface area is 210 Å². The molecule has 1 spiro atoms. The lowest BCUT2D eigenvalue weighted by Gasteiger charge is -2.33. The van der Waals surface area contributed by atoms with Crippen LogP contribution in [0.1, 0.15) is 24.0 Å².